The third-order valence-electron chi connectivity index (χ3n) is 3.85. The second-order valence-electron chi connectivity index (χ2n) is 5.86. The third kappa shape index (κ3) is 4.62. The summed E-state index contributed by atoms with van der Waals surface area (Å²) < 4.78 is 10.5. The molecule has 0 fully saturated rings. The normalized spacial score (nSPS) is 12.7. The maximum absolute atomic E-state index is 12.1. The van der Waals surface area contributed by atoms with E-state index in [1.807, 2.05) is 6.07 Å². The zero-order chi connectivity index (χ0) is 19.4. The molecule has 2 aromatic rings. The predicted octanol–water partition coefficient (Wildman–Crippen LogP) is 2.53. The Morgan fingerprint density at radius 1 is 1.33 bits per heavy atom. The molecule has 0 aliphatic carbocycles. The Kier molecular flexibility index (Phi) is 5.70. The summed E-state index contributed by atoms with van der Waals surface area (Å²) in [5, 5.41) is 5.73. The minimum Gasteiger partial charge on any atom is -0.484 e. The van der Waals surface area contributed by atoms with Gasteiger partial charge < -0.3 is 14.8 Å². The molecule has 2 N–H and O–H groups in total. The number of ether oxygens (including phenoxy) is 2. The highest BCUT2D eigenvalue weighted by Crippen LogP contribution is 2.27. The average Bonchev–Trinajstić information content (AvgIpc) is 3.00. The summed E-state index contributed by atoms with van der Waals surface area (Å²) in [5.74, 6) is -0.297. The van der Waals surface area contributed by atoms with Crippen LogP contribution in [0.15, 0.2) is 18.2 Å². The number of nitrogens with one attached hydrogen (secondary N) is 2. The van der Waals surface area contributed by atoms with Crippen LogP contribution in [0.1, 0.15) is 34.3 Å². The first-order chi connectivity index (χ1) is 13.0. The van der Waals surface area contributed by atoms with Crippen molar-refractivity contribution in [2.45, 2.75) is 26.7 Å². The summed E-state index contributed by atoms with van der Waals surface area (Å²) >= 11 is 1.06. The highest BCUT2D eigenvalue weighted by atomic mass is 32.1. The van der Waals surface area contributed by atoms with Gasteiger partial charge in [-0.15, -0.1) is 0 Å². The van der Waals surface area contributed by atoms with Gasteiger partial charge in [0.25, 0.3) is 5.91 Å². The van der Waals surface area contributed by atoms with E-state index in [1.165, 1.54) is 0 Å². The molecule has 0 saturated carbocycles. The van der Waals surface area contributed by atoms with Crippen molar-refractivity contribution in [2.75, 3.05) is 23.8 Å². The second-order valence-corrected chi connectivity index (χ2v) is 6.86. The summed E-state index contributed by atoms with van der Waals surface area (Å²) in [7, 11) is 0. The van der Waals surface area contributed by atoms with E-state index < -0.39 is 5.97 Å². The Morgan fingerprint density at radius 3 is 2.93 bits per heavy atom. The number of carbonyl (C=O) groups excluding carboxylic acids is 3. The van der Waals surface area contributed by atoms with Crippen molar-refractivity contribution in [3.8, 4) is 5.75 Å². The second kappa shape index (κ2) is 8.17. The zero-order valence-electron chi connectivity index (χ0n) is 15.0. The number of rotatable bonds is 6. The van der Waals surface area contributed by atoms with Crippen LogP contribution in [0.2, 0.25) is 0 Å². The summed E-state index contributed by atoms with van der Waals surface area (Å²) in [6.45, 7) is 3.48. The molecule has 27 heavy (non-hydrogen) atoms. The summed E-state index contributed by atoms with van der Waals surface area (Å²) in [6.07, 6.45) is 1.07. The van der Waals surface area contributed by atoms with Crippen molar-refractivity contribution in [3.63, 3.8) is 0 Å². The number of esters is 1. The predicted molar refractivity (Wildman–Crippen MR) is 100 cm³/mol. The topological polar surface area (TPSA) is 107 Å². The SMILES string of the molecule is CCOC(=O)c1sc(NC(=O)COc2ccc3c(c2)CCC(=O)N3)nc1C. The third-order valence-corrected chi connectivity index (χ3v) is 4.90. The van der Waals surface area contributed by atoms with Crippen LogP contribution in [0.3, 0.4) is 0 Å². The monoisotopic (exact) mass is 389 g/mol. The van der Waals surface area contributed by atoms with Gasteiger partial charge in [0, 0.05) is 12.1 Å². The molecule has 0 saturated heterocycles. The summed E-state index contributed by atoms with van der Waals surface area (Å²) in [4.78, 5) is 39.8. The molecule has 142 valence electrons. The maximum Gasteiger partial charge on any atom is 0.350 e. The van der Waals surface area contributed by atoms with Crippen molar-refractivity contribution in [3.05, 3.63) is 34.3 Å². The molecule has 9 heteroatoms. The zero-order valence-corrected chi connectivity index (χ0v) is 15.8. The smallest absolute Gasteiger partial charge is 0.350 e. The minimum atomic E-state index is -0.453. The molecule has 0 bridgehead atoms. The number of hydrogen-bond acceptors (Lipinski definition) is 7. The molecule has 1 aromatic heterocycles. The largest absolute Gasteiger partial charge is 0.484 e. The number of nitrogens with zero attached hydrogens (tertiary/aromatic N) is 1. The Morgan fingerprint density at radius 2 is 2.15 bits per heavy atom. The van der Waals surface area contributed by atoms with Gasteiger partial charge in [-0.05, 0) is 44.0 Å². The Hall–Kier alpha value is -2.94. The van der Waals surface area contributed by atoms with E-state index in [1.54, 1.807) is 26.0 Å². The first-order valence-corrected chi connectivity index (χ1v) is 9.28. The molecule has 2 amide bonds. The van der Waals surface area contributed by atoms with Gasteiger partial charge in [-0.3, -0.25) is 14.9 Å². The average molecular weight is 389 g/mol. The van der Waals surface area contributed by atoms with Gasteiger partial charge in [0.05, 0.1) is 12.3 Å². The van der Waals surface area contributed by atoms with E-state index in [4.69, 9.17) is 9.47 Å². The van der Waals surface area contributed by atoms with E-state index in [0.29, 0.717) is 34.3 Å². The molecule has 3 rings (SSSR count). The van der Waals surface area contributed by atoms with Crippen LogP contribution < -0.4 is 15.4 Å². The van der Waals surface area contributed by atoms with Crippen LogP contribution in [-0.2, 0) is 20.7 Å². The molecular weight excluding hydrogens is 370 g/mol. The van der Waals surface area contributed by atoms with Crippen molar-refractivity contribution >= 4 is 39.9 Å². The number of aromatic nitrogens is 1. The van der Waals surface area contributed by atoms with Gasteiger partial charge in [-0.1, -0.05) is 11.3 Å². The van der Waals surface area contributed by atoms with Crippen molar-refractivity contribution in [2.24, 2.45) is 0 Å². The Bertz CT molecular complexity index is 893. The number of benzene rings is 1. The van der Waals surface area contributed by atoms with Crippen LogP contribution in [0.25, 0.3) is 0 Å². The first-order valence-electron chi connectivity index (χ1n) is 8.46. The number of fused-ring (bicyclic) bond motifs is 1. The maximum atomic E-state index is 12.1. The molecular formula is C18H19N3O5S. The van der Waals surface area contributed by atoms with Crippen LogP contribution >= 0.6 is 11.3 Å². The van der Waals surface area contributed by atoms with Crippen LogP contribution in [-0.4, -0.2) is 36.0 Å². The lowest BCUT2D eigenvalue weighted by molar-refractivity contribution is -0.118. The highest BCUT2D eigenvalue weighted by Gasteiger charge is 2.18. The number of hydrogen-bond donors (Lipinski definition) is 2. The van der Waals surface area contributed by atoms with Gasteiger partial charge >= 0.3 is 5.97 Å². The van der Waals surface area contributed by atoms with E-state index in [-0.39, 0.29) is 25.0 Å². The minimum absolute atomic E-state index is 0.00326. The molecule has 0 atom stereocenters. The fraction of sp³-hybridized carbons (Fsp3) is 0.333. The Balaban J connectivity index is 1.57. The standard InChI is InChI=1S/C18H19N3O5S/c1-3-25-17(24)16-10(2)19-18(27-16)21-15(23)9-26-12-5-6-13-11(8-12)4-7-14(22)20-13/h5-6,8H,3-4,7,9H2,1-2H3,(H,20,22)(H,19,21,23). The fourth-order valence-electron chi connectivity index (χ4n) is 2.59. The van der Waals surface area contributed by atoms with E-state index in [0.717, 1.165) is 22.6 Å². The first kappa shape index (κ1) is 18.8. The lowest BCUT2D eigenvalue weighted by Crippen LogP contribution is -2.21. The molecule has 8 nitrogen and oxygen atoms in total. The molecule has 0 radical (unpaired) electrons. The summed E-state index contributed by atoms with van der Waals surface area (Å²) in [6, 6.07) is 5.27. The molecule has 1 aromatic carbocycles. The molecule has 0 spiro atoms. The van der Waals surface area contributed by atoms with Gasteiger partial charge in [0.2, 0.25) is 5.91 Å². The lowest BCUT2D eigenvalue weighted by atomic mass is 10.0. The number of thiazole rings is 1. The van der Waals surface area contributed by atoms with Crippen molar-refractivity contribution in [1.82, 2.24) is 4.98 Å². The molecule has 0 unspecified atom stereocenters. The fourth-order valence-corrected chi connectivity index (χ4v) is 3.47. The van der Waals surface area contributed by atoms with E-state index >= 15 is 0 Å². The van der Waals surface area contributed by atoms with Crippen molar-refractivity contribution < 1.29 is 23.9 Å². The number of amides is 2. The van der Waals surface area contributed by atoms with E-state index in [2.05, 4.69) is 15.6 Å². The van der Waals surface area contributed by atoms with Crippen LogP contribution in [0, 0.1) is 6.92 Å². The Labute approximate surface area is 159 Å². The van der Waals surface area contributed by atoms with Gasteiger partial charge in [-0.2, -0.15) is 0 Å². The number of aryl methyl sites for hydroxylation is 2. The number of anilines is 2. The number of carbonyl (C=O) groups is 3. The van der Waals surface area contributed by atoms with Crippen LogP contribution in [0.4, 0.5) is 10.8 Å². The molecule has 1 aliphatic heterocycles. The van der Waals surface area contributed by atoms with Crippen molar-refractivity contribution in [1.29, 1.82) is 0 Å². The van der Waals surface area contributed by atoms with Gasteiger partial charge in [0.1, 0.15) is 10.6 Å². The highest BCUT2D eigenvalue weighted by molar-refractivity contribution is 7.17. The van der Waals surface area contributed by atoms with Crippen LogP contribution in [0.5, 0.6) is 5.75 Å². The lowest BCUT2D eigenvalue weighted by Gasteiger charge is -2.17. The molecule has 2 heterocycles. The molecule has 1 aliphatic rings. The summed E-state index contributed by atoms with van der Waals surface area (Å²) in [5.41, 5.74) is 2.25. The van der Waals surface area contributed by atoms with E-state index in [9.17, 15) is 14.4 Å². The van der Waals surface area contributed by atoms with Gasteiger partial charge in [-0.25, -0.2) is 9.78 Å². The van der Waals surface area contributed by atoms with Gasteiger partial charge in [0.15, 0.2) is 11.7 Å². The quantitative estimate of drug-likeness (QED) is 0.736.